The number of fused-ring (bicyclic) bond motifs is 3. The van der Waals surface area contributed by atoms with Gasteiger partial charge < -0.3 is 23.7 Å². The van der Waals surface area contributed by atoms with E-state index in [0.717, 1.165) is 10.8 Å². The summed E-state index contributed by atoms with van der Waals surface area (Å²) in [5, 5.41) is 3.07. The summed E-state index contributed by atoms with van der Waals surface area (Å²) in [6.07, 6.45) is -1.66. The van der Waals surface area contributed by atoms with E-state index in [9.17, 15) is 14.4 Å². The highest BCUT2D eigenvalue weighted by Crippen LogP contribution is 2.51. The number of hydrogen-bond donors (Lipinski definition) is 0. The van der Waals surface area contributed by atoms with Crippen molar-refractivity contribution in [2.75, 3.05) is 0 Å². The molecule has 8 nitrogen and oxygen atoms in total. The maximum absolute atomic E-state index is 13.6. The Bertz CT molecular complexity index is 1900. The number of ether oxygens (including phenoxy) is 5. The fourth-order valence-electron chi connectivity index (χ4n) is 5.74. The van der Waals surface area contributed by atoms with Crippen LogP contribution in [-0.4, -0.2) is 29.5 Å². The molecule has 0 spiro atoms. The van der Waals surface area contributed by atoms with Gasteiger partial charge in [0.1, 0.15) is 22.7 Å². The van der Waals surface area contributed by atoms with Gasteiger partial charge in [0.25, 0.3) is 0 Å². The molecule has 0 unspecified atom stereocenters. The zero-order chi connectivity index (χ0) is 32.9. The number of benzene rings is 5. The van der Waals surface area contributed by atoms with Crippen LogP contribution in [0.25, 0.3) is 21.5 Å². The lowest BCUT2D eigenvalue weighted by atomic mass is 9.76. The summed E-state index contributed by atoms with van der Waals surface area (Å²) >= 11 is 0. The Balaban J connectivity index is 1.57. The van der Waals surface area contributed by atoms with Crippen molar-refractivity contribution < 1.29 is 38.1 Å². The average Bonchev–Trinajstić information content (AvgIpc) is 3.27. The van der Waals surface area contributed by atoms with Crippen LogP contribution in [0.15, 0.2) is 97.1 Å². The van der Waals surface area contributed by atoms with Gasteiger partial charge in [0.2, 0.25) is 0 Å². The molecule has 0 N–H and O–H groups in total. The van der Waals surface area contributed by atoms with E-state index in [2.05, 4.69) is 0 Å². The Labute approximate surface area is 266 Å². The predicted molar refractivity (Wildman–Crippen MR) is 173 cm³/mol. The third-order valence-electron chi connectivity index (χ3n) is 7.42. The van der Waals surface area contributed by atoms with Crippen molar-refractivity contribution in [3.63, 3.8) is 0 Å². The molecule has 0 saturated carbocycles. The fourth-order valence-corrected chi connectivity index (χ4v) is 5.74. The van der Waals surface area contributed by atoms with Crippen LogP contribution in [0.2, 0.25) is 0 Å². The summed E-state index contributed by atoms with van der Waals surface area (Å²) < 4.78 is 28.4. The molecule has 5 aromatic rings. The molecule has 0 bridgehead atoms. The second kappa shape index (κ2) is 11.2. The highest BCUT2D eigenvalue weighted by Gasteiger charge is 2.50. The van der Waals surface area contributed by atoms with E-state index in [1.807, 2.05) is 60.7 Å². The minimum absolute atomic E-state index is 0.271. The van der Waals surface area contributed by atoms with Crippen LogP contribution in [0.4, 0.5) is 9.59 Å². The lowest BCUT2D eigenvalue weighted by Gasteiger charge is -2.32. The summed E-state index contributed by atoms with van der Waals surface area (Å²) in [5.74, 6) is 0.0628. The Morgan fingerprint density at radius 1 is 0.587 bits per heavy atom. The molecule has 0 fully saturated rings. The minimum Gasteiger partial charge on any atom is -0.441 e. The van der Waals surface area contributed by atoms with Crippen molar-refractivity contribution in [3.05, 3.63) is 119 Å². The maximum atomic E-state index is 13.6. The van der Waals surface area contributed by atoms with E-state index in [-0.39, 0.29) is 11.5 Å². The topological polar surface area (TPSA) is 97.4 Å². The molecule has 46 heavy (non-hydrogen) atoms. The van der Waals surface area contributed by atoms with Gasteiger partial charge >= 0.3 is 18.3 Å². The SMILES string of the molecule is CC(C)(C)OC(=O)Oc1ccc2cccc(C3(c4cccc5ccc(OC(=O)OC(C)(C)C)cc45)OC(=O)c4ccccc43)c2c1. The number of hydrogen-bond acceptors (Lipinski definition) is 8. The number of cyclic esters (lactones) is 1. The lowest BCUT2D eigenvalue weighted by molar-refractivity contribution is 0.0193. The Morgan fingerprint density at radius 3 is 1.52 bits per heavy atom. The number of rotatable bonds is 4. The normalized spacial score (nSPS) is 14.0. The van der Waals surface area contributed by atoms with Crippen LogP contribution in [0.3, 0.4) is 0 Å². The van der Waals surface area contributed by atoms with E-state index in [1.54, 1.807) is 77.9 Å². The molecule has 0 radical (unpaired) electrons. The Hall–Kier alpha value is -5.37. The van der Waals surface area contributed by atoms with Crippen molar-refractivity contribution in [1.29, 1.82) is 0 Å². The van der Waals surface area contributed by atoms with Crippen LogP contribution < -0.4 is 9.47 Å². The summed E-state index contributed by atoms with van der Waals surface area (Å²) in [4.78, 5) is 38.7. The van der Waals surface area contributed by atoms with Crippen LogP contribution >= 0.6 is 0 Å². The molecule has 1 aliphatic heterocycles. The van der Waals surface area contributed by atoms with Crippen LogP contribution in [-0.2, 0) is 19.8 Å². The Morgan fingerprint density at radius 2 is 1.04 bits per heavy atom. The van der Waals surface area contributed by atoms with Crippen molar-refractivity contribution in [1.82, 2.24) is 0 Å². The molecule has 0 atom stereocenters. The van der Waals surface area contributed by atoms with Gasteiger partial charge in [-0.2, -0.15) is 0 Å². The maximum Gasteiger partial charge on any atom is 0.514 e. The van der Waals surface area contributed by atoms with E-state index in [0.29, 0.717) is 33.0 Å². The number of carbonyl (C=O) groups is 3. The monoisotopic (exact) mass is 618 g/mol. The molecular weight excluding hydrogens is 584 g/mol. The molecule has 1 aliphatic rings. The van der Waals surface area contributed by atoms with E-state index < -0.39 is 35.1 Å². The zero-order valence-electron chi connectivity index (χ0n) is 26.5. The second-order valence-corrected chi connectivity index (χ2v) is 13.1. The first-order valence-corrected chi connectivity index (χ1v) is 14.9. The summed E-state index contributed by atoms with van der Waals surface area (Å²) in [5.41, 5.74) is -0.484. The van der Waals surface area contributed by atoms with E-state index in [1.165, 1.54) is 0 Å². The largest absolute Gasteiger partial charge is 0.514 e. The molecule has 0 aliphatic carbocycles. The van der Waals surface area contributed by atoms with Crippen molar-refractivity contribution in [2.45, 2.75) is 58.3 Å². The molecular formula is C38H34O8. The third-order valence-corrected chi connectivity index (χ3v) is 7.42. The first kappa shape index (κ1) is 30.6. The molecule has 0 amide bonds. The molecule has 234 valence electrons. The van der Waals surface area contributed by atoms with Crippen molar-refractivity contribution in [3.8, 4) is 11.5 Å². The van der Waals surface area contributed by atoms with E-state index in [4.69, 9.17) is 23.7 Å². The Kier molecular flexibility index (Phi) is 7.47. The van der Waals surface area contributed by atoms with Gasteiger partial charge in [-0.25, -0.2) is 14.4 Å². The smallest absolute Gasteiger partial charge is 0.441 e. The second-order valence-electron chi connectivity index (χ2n) is 13.1. The number of carbonyl (C=O) groups excluding carboxylic acids is 3. The highest BCUT2D eigenvalue weighted by atomic mass is 16.7. The fraction of sp³-hybridized carbons (Fsp3) is 0.237. The van der Waals surface area contributed by atoms with Gasteiger partial charge in [-0.1, -0.05) is 66.7 Å². The van der Waals surface area contributed by atoms with Crippen molar-refractivity contribution >= 4 is 39.8 Å². The quantitative estimate of drug-likeness (QED) is 0.112. The average molecular weight is 619 g/mol. The van der Waals surface area contributed by atoms with Crippen LogP contribution in [0.5, 0.6) is 11.5 Å². The van der Waals surface area contributed by atoms with E-state index >= 15 is 0 Å². The predicted octanol–water partition coefficient (Wildman–Crippen LogP) is 9.08. The highest BCUT2D eigenvalue weighted by molar-refractivity contribution is 6.01. The standard InChI is InChI=1S/C38H34O8/c1-36(2,3)45-34(40)42-25-19-17-23-11-9-15-31(28(23)21-25)38(30-14-8-7-13-27(30)33(39)44-38)32-16-10-12-24-18-20-26(22-29(24)32)43-35(41)46-37(4,5)6/h7-22H,1-6H3. The third kappa shape index (κ3) is 5.86. The van der Waals surface area contributed by atoms with Crippen LogP contribution in [0, 0.1) is 0 Å². The minimum atomic E-state index is -1.41. The zero-order valence-corrected chi connectivity index (χ0v) is 26.5. The van der Waals surface area contributed by atoms with Gasteiger partial charge in [0, 0.05) is 16.7 Å². The molecule has 0 aromatic heterocycles. The van der Waals surface area contributed by atoms with Gasteiger partial charge in [0.05, 0.1) is 5.56 Å². The summed E-state index contributed by atoms with van der Waals surface area (Å²) in [7, 11) is 0. The molecule has 8 heteroatoms. The van der Waals surface area contributed by atoms with Gasteiger partial charge in [-0.05, 0) is 93.4 Å². The molecule has 0 saturated heterocycles. The van der Waals surface area contributed by atoms with Crippen LogP contribution in [0.1, 0.15) is 68.6 Å². The first-order chi connectivity index (χ1) is 21.7. The summed E-state index contributed by atoms with van der Waals surface area (Å²) in [6, 6.07) is 29.3. The molecule has 5 aromatic carbocycles. The molecule has 6 rings (SSSR count). The van der Waals surface area contributed by atoms with Gasteiger partial charge in [-0.15, -0.1) is 0 Å². The van der Waals surface area contributed by atoms with Gasteiger partial charge in [-0.3, -0.25) is 0 Å². The number of esters is 1. The first-order valence-electron chi connectivity index (χ1n) is 14.9. The molecule has 1 heterocycles. The van der Waals surface area contributed by atoms with Gasteiger partial charge in [0.15, 0.2) is 5.60 Å². The summed E-state index contributed by atoms with van der Waals surface area (Å²) in [6.45, 7) is 10.6. The lowest BCUT2D eigenvalue weighted by Crippen LogP contribution is -2.30. The van der Waals surface area contributed by atoms with Crippen molar-refractivity contribution in [2.24, 2.45) is 0 Å².